The van der Waals surface area contributed by atoms with Gasteiger partial charge < -0.3 is 14.9 Å². The highest BCUT2D eigenvalue weighted by Crippen LogP contribution is 2.09. The summed E-state index contributed by atoms with van der Waals surface area (Å²) in [5.41, 5.74) is 0. The molecule has 17 heavy (non-hydrogen) atoms. The largest absolute Gasteiger partial charge is 0.461 e. The Morgan fingerprint density at radius 3 is 3.06 bits per heavy atom. The molecule has 0 unspecified atom stereocenters. The van der Waals surface area contributed by atoms with Gasteiger partial charge in [0.2, 0.25) is 0 Å². The Kier molecular flexibility index (Phi) is 5.12. The Bertz CT molecular complexity index is 389. The van der Waals surface area contributed by atoms with E-state index < -0.39 is 4.92 Å². The lowest BCUT2D eigenvalue weighted by Gasteiger charge is -2.03. The fraction of sp³-hybridized carbons (Fsp3) is 0.600. The average Bonchev–Trinajstić information content (AvgIpc) is 2.74. The number of carbonyl (C=O) groups is 1. The number of aromatic nitrogens is 2. The molecular weight excluding hydrogens is 226 g/mol. The highest BCUT2D eigenvalue weighted by Gasteiger charge is 2.12. The van der Waals surface area contributed by atoms with Crippen LogP contribution in [0.15, 0.2) is 12.5 Å². The van der Waals surface area contributed by atoms with Crippen LogP contribution >= 0.6 is 0 Å². The third-order valence-corrected chi connectivity index (χ3v) is 2.21. The maximum atomic E-state index is 11.2. The zero-order valence-electron chi connectivity index (χ0n) is 9.66. The van der Waals surface area contributed by atoms with Gasteiger partial charge in [-0.05, 0) is 11.3 Å². The number of hydrogen-bond acceptors (Lipinski definition) is 5. The first kappa shape index (κ1) is 13.1. The van der Waals surface area contributed by atoms with Gasteiger partial charge in [0.1, 0.15) is 19.3 Å². The van der Waals surface area contributed by atoms with Crippen molar-refractivity contribution >= 4 is 11.8 Å². The van der Waals surface area contributed by atoms with Crippen molar-refractivity contribution in [1.82, 2.24) is 9.55 Å². The minimum Gasteiger partial charge on any atom is -0.461 e. The molecule has 1 rings (SSSR count). The number of nitrogens with zero attached hydrogens (tertiary/aromatic N) is 3. The van der Waals surface area contributed by atoms with Gasteiger partial charge in [0.25, 0.3) is 0 Å². The van der Waals surface area contributed by atoms with Crippen molar-refractivity contribution in [3.05, 3.63) is 22.6 Å². The number of rotatable bonds is 7. The first-order valence-corrected chi connectivity index (χ1v) is 5.45. The molecule has 1 aromatic rings. The second-order valence-corrected chi connectivity index (χ2v) is 3.53. The van der Waals surface area contributed by atoms with Crippen LogP contribution in [-0.2, 0) is 16.1 Å². The Balaban J connectivity index is 2.33. The predicted octanol–water partition coefficient (Wildman–Crippen LogP) is 1.52. The van der Waals surface area contributed by atoms with Crippen molar-refractivity contribution in [1.29, 1.82) is 0 Å². The van der Waals surface area contributed by atoms with Gasteiger partial charge in [0, 0.05) is 6.42 Å². The van der Waals surface area contributed by atoms with Crippen molar-refractivity contribution in [2.24, 2.45) is 0 Å². The second-order valence-electron chi connectivity index (χ2n) is 3.53. The Hall–Kier alpha value is -1.92. The van der Waals surface area contributed by atoms with E-state index in [1.807, 2.05) is 6.92 Å². The molecular formula is C10H15N3O4. The van der Waals surface area contributed by atoms with Crippen molar-refractivity contribution in [3.8, 4) is 0 Å². The van der Waals surface area contributed by atoms with Gasteiger partial charge in [-0.15, -0.1) is 0 Å². The van der Waals surface area contributed by atoms with Crippen LogP contribution in [0.1, 0.15) is 26.2 Å². The second kappa shape index (κ2) is 6.62. The molecule has 1 heterocycles. The zero-order chi connectivity index (χ0) is 12.7. The molecule has 0 radical (unpaired) electrons. The number of imidazole rings is 1. The van der Waals surface area contributed by atoms with E-state index in [2.05, 4.69) is 4.98 Å². The molecule has 0 spiro atoms. The van der Waals surface area contributed by atoms with Crippen LogP contribution in [0.4, 0.5) is 5.82 Å². The molecule has 0 aromatic carbocycles. The Morgan fingerprint density at radius 2 is 2.41 bits per heavy atom. The molecule has 0 bridgehead atoms. The lowest BCUT2D eigenvalue weighted by molar-refractivity contribution is -0.392. The van der Waals surface area contributed by atoms with E-state index >= 15 is 0 Å². The van der Waals surface area contributed by atoms with Gasteiger partial charge >= 0.3 is 11.8 Å². The van der Waals surface area contributed by atoms with E-state index in [4.69, 9.17) is 4.74 Å². The molecule has 0 aliphatic carbocycles. The van der Waals surface area contributed by atoms with Gasteiger partial charge in [0.15, 0.2) is 6.33 Å². The fourth-order valence-corrected chi connectivity index (χ4v) is 1.29. The van der Waals surface area contributed by atoms with Crippen LogP contribution in [0.3, 0.4) is 0 Å². The van der Waals surface area contributed by atoms with E-state index in [1.54, 1.807) is 0 Å². The van der Waals surface area contributed by atoms with Gasteiger partial charge in [-0.2, -0.15) is 0 Å². The van der Waals surface area contributed by atoms with Crippen LogP contribution in [-0.4, -0.2) is 27.1 Å². The predicted molar refractivity (Wildman–Crippen MR) is 59.4 cm³/mol. The number of ether oxygens (including phenoxy) is 1. The number of hydrogen-bond donors (Lipinski definition) is 0. The number of carbonyl (C=O) groups excluding carboxylic acids is 1. The molecule has 0 saturated heterocycles. The summed E-state index contributed by atoms with van der Waals surface area (Å²) >= 11 is 0. The highest BCUT2D eigenvalue weighted by atomic mass is 16.6. The summed E-state index contributed by atoms with van der Waals surface area (Å²) < 4.78 is 6.28. The number of nitro groups is 1. The van der Waals surface area contributed by atoms with Crippen molar-refractivity contribution in [3.63, 3.8) is 0 Å². The topological polar surface area (TPSA) is 87.3 Å². The molecule has 7 nitrogen and oxygen atoms in total. The quantitative estimate of drug-likeness (QED) is 0.410. The maximum Gasteiger partial charge on any atom is 0.342 e. The Morgan fingerprint density at radius 1 is 1.65 bits per heavy atom. The summed E-state index contributed by atoms with van der Waals surface area (Å²) in [6, 6.07) is 0. The van der Waals surface area contributed by atoms with E-state index in [-0.39, 0.29) is 24.9 Å². The summed E-state index contributed by atoms with van der Waals surface area (Å²) in [7, 11) is 0. The maximum absolute atomic E-state index is 11.2. The zero-order valence-corrected chi connectivity index (χ0v) is 9.66. The molecule has 94 valence electrons. The molecule has 0 fully saturated rings. The van der Waals surface area contributed by atoms with Crippen LogP contribution in [0.2, 0.25) is 0 Å². The minimum atomic E-state index is -0.522. The first-order chi connectivity index (χ1) is 8.15. The summed E-state index contributed by atoms with van der Waals surface area (Å²) in [6.07, 6.45) is 4.63. The van der Waals surface area contributed by atoms with Crippen LogP contribution in [0.5, 0.6) is 0 Å². The van der Waals surface area contributed by atoms with Gasteiger partial charge in [-0.3, -0.25) is 4.79 Å². The van der Waals surface area contributed by atoms with Gasteiger partial charge in [-0.1, -0.05) is 13.3 Å². The van der Waals surface area contributed by atoms with Crippen LogP contribution < -0.4 is 0 Å². The van der Waals surface area contributed by atoms with Crippen LogP contribution in [0.25, 0.3) is 0 Å². The lowest BCUT2D eigenvalue weighted by Crippen LogP contribution is -2.11. The van der Waals surface area contributed by atoms with Gasteiger partial charge in [0.05, 0.1) is 0 Å². The molecule has 0 atom stereocenters. The summed E-state index contributed by atoms with van der Waals surface area (Å²) in [5, 5.41) is 10.6. The van der Waals surface area contributed by atoms with Crippen LogP contribution in [0, 0.1) is 10.1 Å². The molecule has 1 aromatic heterocycles. The summed E-state index contributed by atoms with van der Waals surface area (Å²) in [4.78, 5) is 24.9. The van der Waals surface area contributed by atoms with E-state index in [1.165, 1.54) is 17.1 Å². The SMILES string of the molecule is CCCCC(=O)OCCn1cncc1[N+](=O)[O-]. The smallest absolute Gasteiger partial charge is 0.342 e. The van der Waals surface area contributed by atoms with E-state index in [0.29, 0.717) is 6.42 Å². The van der Waals surface area contributed by atoms with E-state index in [0.717, 1.165) is 12.8 Å². The minimum absolute atomic E-state index is 0.102. The third-order valence-electron chi connectivity index (χ3n) is 2.21. The van der Waals surface area contributed by atoms with Crippen molar-refractivity contribution < 1.29 is 14.5 Å². The van der Waals surface area contributed by atoms with Crippen molar-refractivity contribution in [2.45, 2.75) is 32.7 Å². The molecule has 0 saturated carbocycles. The fourth-order valence-electron chi connectivity index (χ4n) is 1.29. The molecule has 0 aliphatic heterocycles. The number of unbranched alkanes of at least 4 members (excludes halogenated alkanes) is 1. The number of esters is 1. The highest BCUT2D eigenvalue weighted by molar-refractivity contribution is 5.69. The summed E-state index contributed by atoms with van der Waals surface area (Å²) in [6.45, 7) is 2.36. The molecule has 7 heteroatoms. The first-order valence-electron chi connectivity index (χ1n) is 5.45. The van der Waals surface area contributed by atoms with E-state index in [9.17, 15) is 14.9 Å². The Labute approximate surface area is 98.6 Å². The monoisotopic (exact) mass is 241 g/mol. The van der Waals surface area contributed by atoms with Gasteiger partial charge in [-0.25, -0.2) is 9.55 Å². The van der Waals surface area contributed by atoms with Crippen molar-refractivity contribution in [2.75, 3.05) is 6.61 Å². The third kappa shape index (κ3) is 4.21. The lowest BCUT2D eigenvalue weighted by atomic mass is 10.2. The summed E-state index contributed by atoms with van der Waals surface area (Å²) in [5.74, 6) is -0.371. The average molecular weight is 241 g/mol. The standard InChI is InChI=1S/C10H15N3O4/c1-2-3-4-10(14)17-6-5-12-8-11-7-9(12)13(15)16/h7-8H,2-6H2,1H3. The molecule has 0 aliphatic rings. The molecule has 0 N–H and O–H groups in total. The molecule has 0 amide bonds. The normalized spacial score (nSPS) is 10.2.